The lowest BCUT2D eigenvalue weighted by atomic mass is 10.1. The summed E-state index contributed by atoms with van der Waals surface area (Å²) >= 11 is 9.17. The van der Waals surface area contributed by atoms with Crippen LogP contribution in [0, 0.1) is 0 Å². The molecule has 110 valence electrons. The zero-order valence-electron chi connectivity index (χ0n) is 10.9. The molecule has 0 heterocycles. The number of nitrogens with two attached hydrogens (primary N) is 1. The van der Waals surface area contributed by atoms with E-state index in [-0.39, 0.29) is 16.9 Å². The Morgan fingerprint density at radius 3 is 2.14 bits per heavy atom. The van der Waals surface area contributed by atoms with E-state index in [9.17, 15) is 8.42 Å². The van der Waals surface area contributed by atoms with E-state index in [0.717, 1.165) is 10.0 Å². The molecule has 0 saturated heterocycles. The summed E-state index contributed by atoms with van der Waals surface area (Å²) in [5.41, 5.74) is 6.97. The third-order valence-electron chi connectivity index (χ3n) is 3.76. The Hall–Kier alpha value is -0.880. The minimum absolute atomic E-state index is 0.154. The smallest absolute Gasteiger partial charge is 0.183 e. The third kappa shape index (κ3) is 2.75. The number of sulfone groups is 1. The van der Waals surface area contributed by atoms with E-state index >= 15 is 0 Å². The first-order valence-corrected chi connectivity index (χ1v) is 9.13. The second-order valence-electron chi connectivity index (χ2n) is 5.12. The van der Waals surface area contributed by atoms with Crippen molar-refractivity contribution in [3.63, 3.8) is 0 Å². The van der Waals surface area contributed by atoms with Crippen LogP contribution >= 0.6 is 27.5 Å². The molecule has 6 heteroatoms. The van der Waals surface area contributed by atoms with Crippen molar-refractivity contribution >= 4 is 37.4 Å². The van der Waals surface area contributed by atoms with Crippen molar-refractivity contribution in [2.75, 3.05) is 0 Å². The van der Waals surface area contributed by atoms with Gasteiger partial charge in [-0.05, 0) is 42.0 Å². The molecule has 0 unspecified atom stereocenters. The zero-order chi connectivity index (χ0) is 15.2. The summed E-state index contributed by atoms with van der Waals surface area (Å²) in [5, 5.41) is -0.0571. The molecule has 0 radical (unpaired) electrons. The van der Waals surface area contributed by atoms with Crippen LogP contribution in [0.4, 0.5) is 0 Å². The van der Waals surface area contributed by atoms with E-state index < -0.39 is 15.1 Å². The van der Waals surface area contributed by atoms with Gasteiger partial charge in [0.15, 0.2) is 9.84 Å². The summed E-state index contributed by atoms with van der Waals surface area (Å²) in [4.78, 5) is 0.270. The predicted molar refractivity (Wildman–Crippen MR) is 87.3 cm³/mol. The van der Waals surface area contributed by atoms with Crippen molar-refractivity contribution in [2.45, 2.75) is 22.1 Å². The van der Waals surface area contributed by atoms with Gasteiger partial charge in [0.1, 0.15) is 0 Å². The Morgan fingerprint density at radius 1 is 1.00 bits per heavy atom. The monoisotopic (exact) mass is 385 g/mol. The van der Waals surface area contributed by atoms with Gasteiger partial charge in [-0.1, -0.05) is 39.7 Å². The molecule has 2 aromatic carbocycles. The lowest BCUT2D eigenvalue weighted by molar-refractivity contribution is 0.593. The molecule has 0 amide bonds. The SMILES string of the molecule is N[C@@H]1[C@@H](c2ccc(Br)cc2)[C@H]1S(=O)(=O)c1ccc(Cl)cc1. The number of rotatable bonds is 3. The molecule has 1 aliphatic carbocycles. The first-order valence-electron chi connectivity index (χ1n) is 6.42. The molecular formula is C15H13BrClNO2S. The lowest BCUT2D eigenvalue weighted by Gasteiger charge is -2.04. The lowest BCUT2D eigenvalue weighted by Crippen LogP contribution is -2.15. The van der Waals surface area contributed by atoms with Crippen LogP contribution in [0.1, 0.15) is 11.5 Å². The second-order valence-corrected chi connectivity index (χ2v) is 8.58. The topological polar surface area (TPSA) is 60.2 Å². The van der Waals surface area contributed by atoms with Crippen LogP contribution in [0.15, 0.2) is 57.9 Å². The zero-order valence-corrected chi connectivity index (χ0v) is 14.1. The van der Waals surface area contributed by atoms with Crippen molar-refractivity contribution in [1.82, 2.24) is 0 Å². The van der Waals surface area contributed by atoms with Crippen molar-refractivity contribution < 1.29 is 8.42 Å². The summed E-state index contributed by atoms with van der Waals surface area (Å²) in [5.74, 6) is -0.154. The maximum Gasteiger partial charge on any atom is 0.183 e. The van der Waals surface area contributed by atoms with Gasteiger partial charge in [0, 0.05) is 21.5 Å². The minimum Gasteiger partial charge on any atom is -0.326 e. The first kappa shape index (κ1) is 15.0. The van der Waals surface area contributed by atoms with Gasteiger partial charge in [-0.3, -0.25) is 0 Å². The Kier molecular flexibility index (Phi) is 3.86. The van der Waals surface area contributed by atoms with Gasteiger partial charge in [0.2, 0.25) is 0 Å². The third-order valence-corrected chi connectivity index (χ3v) is 6.80. The van der Waals surface area contributed by atoms with Crippen LogP contribution in [0.5, 0.6) is 0 Å². The molecule has 0 aliphatic heterocycles. The first-order chi connectivity index (χ1) is 9.91. The van der Waals surface area contributed by atoms with Crippen LogP contribution in [0.2, 0.25) is 5.02 Å². The van der Waals surface area contributed by atoms with Gasteiger partial charge in [0.25, 0.3) is 0 Å². The van der Waals surface area contributed by atoms with E-state index in [4.69, 9.17) is 17.3 Å². The molecule has 1 saturated carbocycles. The Morgan fingerprint density at radius 2 is 1.57 bits per heavy atom. The van der Waals surface area contributed by atoms with E-state index in [1.54, 1.807) is 12.1 Å². The van der Waals surface area contributed by atoms with E-state index in [0.29, 0.717) is 5.02 Å². The predicted octanol–water partition coefficient (Wildman–Crippen LogP) is 3.37. The molecule has 0 aromatic heterocycles. The number of hydrogen-bond acceptors (Lipinski definition) is 3. The van der Waals surface area contributed by atoms with Crippen molar-refractivity contribution in [2.24, 2.45) is 5.73 Å². The summed E-state index contributed by atoms with van der Waals surface area (Å²) in [7, 11) is -3.43. The maximum atomic E-state index is 12.6. The second kappa shape index (κ2) is 5.39. The maximum absolute atomic E-state index is 12.6. The molecule has 3 atom stereocenters. The van der Waals surface area contributed by atoms with E-state index in [2.05, 4.69) is 15.9 Å². The molecule has 1 fully saturated rings. The highest BCUT2D eigenvalue weighted by Crippen LogP contribution is 2.47. The summed E-state index contributed by atoms with van der Waals surface area (Å²) in [6, 6.07) is 13.5. The van der Waals surface area contributed by atoms with E-state index in [1.165, 1.54) is 12.1 Å². The van der Waals surface area contributed by atoms with Crippen molar-refractivity contribution in [1.29, 1.82) is 0 Å². The fraction of sp³-hybridized carbons (Fsp3) is 0.200. The molecule has 2 aromatic rings. The molecule has 2 N–H and O–H groups in total. The van der Waals surface area contributed by atoms with Crippen molar-refractivity contribution in [3.05, 3.63) is 63.6 Å². The summed E-state index contributed by atoms with van der Waals surface area (Å²) in [6.45, 7) is 0. The standard InChI is InChI=1S/C15H13BrClNO2S/c16-10-3-1-9(2-4-10)13-14(18)15(13)21(19,20)12-7-5-11(17)6-8-12/h1-8,13-15H,18H2/t13-,14-,15-/m1/s1. The Labute approximate surface area is 137 Å². The van der Waals surface area contributed by atoms with Gasteiger partial charge in [0.05, 0.1) is 10.1 Å². The minimum atomic E-state index is -3.43. The average molecular weight is 387 g/mol. The van der Waals surface area contributed by atoms with Gasteiger partial charge in [-0.25, -0.2) is 8.42 Å². The average Bonchev–Trinajstić information content (AvgIpc) is 3.12. The largest absolute Gasteiger partial charge is 0.326 e. The van der Waals surface area contributed by atoms with Crippen LogP contribution in [0.3, 0.4) is 0 Å². The number of hydrogen-bond donors (Lipinski definition) is 1. The van der Waals surface area contributed by atoms with Crippen molar-refractivity contribution in [3.8, 4) is 0 Å². The highest BCUT2D eigenvalue weighted by Gasteiger charge is 2.57. The van der Waals surface area contributed by atoms with Crippen LogP contribution in [-0.4, -0.2) is 19.7 Å². The molecule has 21 heavy (non-hydrogen) atoms. The molecule has 3 rings (SSSR count). The molecule has 1 aliphatic rings. The van der Waals surface area contributed by atoms with Gasteiger partial charge < -0.3 is 5.73 Å². The molecule has 0 spiro atoms. The Balaban J connectivity index is 1.91. The number of benzene rings is 2. The van der Waals surface area contributed by atoms with Gasteiger partial charge >= 0.3 is 0 Å². The van der Waals surface area contributed by atoms with Gasteiger partial charge in [-0.15, -0.1) is 0 Å². The van der Waals surface area contributed by atoms with Crippen LogP contribution in [-0.2, 0) is 9.84 Å². The molecule has 3 nitrogen and oxygen atoms in total. The molecule has 0 bridgehead atoms. The van der Waals surface area contributed by atoms with E-state index in [1.807, 2.05) is 24.3 Å². The normalized spacial score (nSPS) is 24.8. The fourth-order valence-corrected chi connectivity index (χ4v) is 5.02. The fourth-order valence-electron chi connectivity index (χ4n) is 2.58. The van der Waals surface area contributed by atoms with Gasteiger partial charge in [-0.2, -0.15) is 0 Å². The molecular weight excluding hydrogens is 374 g/mol. The van der Waals surface area contributed by atoms with Crippen LogP contribution < -0.4 is 5.73 Å². The van der Waals surface area contributed by atoms with Crippen LogP contribution in [0.25, 0.3) is 0 Å². The summed E-state index contributed by atoms with van der Waals surface area (Å²) < 4.78 is 26.2. The highest BCUT2D eigenvalue weighted by atomic mass is 79.9. The Bertz CT molecular complexity index is 759. The highest BCUT2D eigenvalue weighted by molar-refractivity contribution is 9.10. The number of halogens is 2. The quantitative estimate of drug-likeness (QED) is 0.880. The summed E-state index contributed by atoms with van der Waals surface area (Å²) in [6.07, 6.45) is 0.